The Hall–Kier alpha value is -3.09. The molecule has 0 amide bonds. The molecule has 11 heteroatoms. The number of nitrogens with zero attached hydrogens (tertiary/aromatic N) is 5. The number of hydrogen-bond donors (Lipinski definition) is 1. The largest absolute Gasteiger partial charge is 0.497 e. The van der Waals surface area contributed by atoms with Gasteiger partial charge in [0.25, 0.3) is 0 Å². The molecule has 6 rings (SSSR count). The van der Waals surface area contributed by atoms with Gasteiger partial charge in [-0.05, 0) is 94.3 Å². The van der Waals surface area contributed by atoms with Crippen molar-refractivity contribution in [1.82, 2.24) is 29.4 Å². The van der Waals surface area contributed by atoms with Crippen LogP contribution in [0.5, 0.6) is 11.6 Å². The number of aromatic nitrogens is 2. The van der Waals surface area contributed by atoms with E-state index in [0.29, 0.717) is 46.6 Å². The highest BCUT2D eigenvalue weighted by Gasteiger charge is 2.42. The SMILES string of the molecule is COc1cc(C)c(S(=O)(=O)N2CCCC(Oc3ccnc(CNCCN4CCC(c5ccccc5)(N5CCCC5)CC4)n3)C2)c(C)c1. The lowest BCUT2D eigenvalue weighted by Gasteiger charge is -2.48. The highest BCUT2D eigenvalue weighted by atomic mass is 32.2. The molecule has 47 heavy (non-hydrogen) atoms. The fraction of sp³-hybridized carbons (Fsp3) is 0.556. The summed E-state index contributed by atoms with van der Waals surface area (Å²) in [6.45, 7) is 11.4. The first-order chi connectivity index (χ1) is 22.8. The van der Waals surface area contributed by atoms with Crippen LogP contribution in [0.2, 0.25) is 0 Å². The Bertz CT molecular complexity index is 1570. The molecular formula is C36H50N6O4S. The first-order valence-corrected chi connectivity index (χ1v) is 18.6. The molecule has 1 atom stereocenters. The standard InChI is InChI=1S/C36H50N6O4S/c1-28-24-32(45-3)25-29(2)35(28)47(43,44)42-20-9-12-31(27-42)46-34-13-16-38-33(39-34)26-37-17-23-40-21-14-36(15-22-40,41-18-7-8-19-41)30-10-5-4-6-11-30/h4-6,10-11,13,16,24-25,31,37H,7-9,12,14-15,17-23,26-27H2,1-3H3. The average Bonchev–Trinajstić information content (AvgIpc) is 3.63. The number of aryl methyl sites for hydroxylation is 2. The van der Waals surface area contributed by atoms with Crippen LogP contribution in [0.1, 0.15) is 61.0 Å². The van der Waals surface area contributed by atoms with Crippen LogP contribution in [0.4, 0.5) is 0 Å². The quantitative estimate of drug-likeness (QED) is 0.281. The van der Waals surface area contributed by atoms with E-state index in [0.717, 1.165) is 39.0 Å². The fourth-order valence-electron chi connectivity index (χ4n) is 7.75. The number of nitrogens with one attached hydrogen (secondary N) is 1. The van der Waals surface area contributed by atoms with Crippen molar-refractivity contribution in [1.29, 1.82) is 0 Å². The predicted molar refractivity (Wildman–Crippen MR) is 183 cm³/mol. The van der Waals surface area contributed by atoms with Crippen LogP contribution in [0.15, 0.2) is 59.6 Å². The van der Waals surface area contributed by atoms with E-state index in [4.69, 9.17) is 9.47 Å². The third-order valence-electron chi connectivity index (χ3n) is 10.2. The zero-order valence-corrected chi connectivity index (χ0v) is 29.0. The summed E-state index contributed by atoms with van der Waals surface area (Å²) in [5, 5.41) is 3.52. The van der Waals surface area contributed by atoms with Crippen molar-refractivity contribution < 1.29 is 17.9 Å². The Morgan fingerprint density at radius 3 is 2.38 bits per heavy atom. The maximum Gasteiger partial charge on any atom is 0.243 e. The summed E-state index contributed by atoms with van der Waals surface area (Å²) >= 11 is 0. The van der Waals surface area contributed by atoms with Gasteiger partial charge in [0.05, 0.1) is 25.1 Å². The van der Waals surface area contributed by atoms with Crippen molar-refractivity contribution >= 4 is 10.0 Å². The van der Waals surface area contributed by atoms with E-state index in [1.807, 2.05) is 13.8 Å². The molecule has 4 heterocycles. The molecule has 10 nitrogen and oxygen atoms in total. The smallest absolute Gasteiger partial charge is 0.243 e. The van der Waals surface area contributed by atoms with Crippen molar-refractivity contribution in [3.63, 3.8) is 0 Å². The number of likely N-dealkylation sites (tertiary alicyclic amines) is 2. The van der Waals surface area contributed by atoms with Gasteiger partial charge in [-0.3, -0.25) is 4.90 Å². The fourth-order valence-corrected chi connectivity index (χ4v) is 9.67. The molecule has 3 saturated heterocycles. The van der Waals surface area contributed by atoms with Crippen LogP contribution in [-0.2, 0) is 22.1 Å². The summed E-state index contributed by atoms with van der Waals surface area (Å²) in [6, 6.07) is 16.4. The lowest BCUT2D eigenvalue weighted by molar-refractivity contribution is 0.0345. The molecule has 2 aromatic carbocycles. The highest BCUT2D eigenvalue weighted by molar-refractivity contribution is 7.89. The van der Waals surface area contributed by atoms with Crippen LogP contribution in [0, 0.1) is 13.8 Å². The van der Waals surface area contributed by atoms with Gasteiger partial charge in [-0.2, -0.15) is 9.29 Å². The van der Waals surface area contributed by atoms with E-state index in [2.05, 4.69) is 55.4 Å². The second-order valence-corrected chi connectivity index (χ2v) is 15.1. The van der Waals surface area contributed by atoms with Crippen LogP contribution >= 0.6 is 0 Å². The van der Waals surface area contributed by atoms with Gasteiger partial charge in [0.1, 0.15) is 17.7 Å². The number of benzene rings is 2. The summed E-state index contributed by atoms with van der Waals surface area (Å²) in [5.74, 6) is 1.80. The molecular weight excluding hydrogens is 613 g/mol. The van der Waals surface area contributed by atoms with Gasteiger partial charge >= 0.3 is 0 Å². The summed E-state index contributed by atoms with van der Waals surface area (Å²) in [4.78, 5) is 14.8. The van der Waals surface area contributed by atoms with Crippen LogP contribution < -0.4 is 14.8 Å². The summed E-state index contributed by atoms with van der Waals surface area (Å²) in [6.07, 6.45) is 7.87. The molecule has 0 saturated carbocycles. The van der Waals surface area contributed by atoms with Crippen molar-refractivity contribution in [2.75, 3.05) is 59.5 Å². The highest BCUT2D eigenvalue weighted by Crippen LogP contribution is 2.40. The second-order valence-electron chi connectivity index (χ2n) is 13.3. The Balaban J connectivity index is 0.986. The summed E-state index contributed by atoms with van der Waals surface area (Å²) in [7, 11) is -2.10. The molecule has 0 aliphatic carbocycles. The zero-order chi connectivity index (χ0) is 32.9. The zero-order valence-electron chi connectivity index (χ0n) is 28.2. The first-order valence-electron chi connectivity index (χ1n) is 17.2. The Labute approximate surface area is 280 Å². The molecule has 254 valence electrons. The number of sulfonamides is 1. The van der Waals surface area contributed by atoms with E-state index in [-0.39, 0.29) is 18.2 Å². The maximum atomic E-state index is 13.7. The van der Waals surface area contributed by atoms with Gasteiger partial charge in [0.2, 0.25) is 15.9 Å². The number of methoxy groups -OCH3 is 1. The Morgan fingerprint density at radius 2 is 1.68 bits per heavy atom. The number of hydrogen-bond acceptors (Lipinski definition) is 9. The van der Waals surface area contributed by atoms with E-state index < -0.39 is 10.0 Å². The van der Waals surface area contributed by atoms with E-state index in [1.165, 1.54) is 44.3 Å². The molecule has 3 aliphatic rings. The number of piperidine rings is 2. The van der Waals surface area contributed by atoms with Crippen LogP contribution in [0.25, 0.3) is 0 Å². The normalized spacial score (nSPS) is 21.1. The number of ether oxygens (including phenoxy) is 2. The van der Waals surface area contributed by atoms with Gasteiger partial charge in [0, 0.05) is 50.5 Å². The van der Waals surface area contributed by atoms with Crippen molar-refractivity contribution in [3.8, 4) is 11.6 Å². The molecule has 1 unspecified atom stereocenters. The van der Waals surface area contributed by atoms with Gasteiger partial charge in [-0.1, -0.05) is 30.3 Å². The lowest BCUT2D eigenvalue weighted by atomic mass is 9.79. The Morgan fingerprint density at radius 1 is 0.957 bits per heavy atom. The van der Waals surface area contributed by atoms with Gasteiger partial charge in [-0.25, -0.2) is 13.4 Å². The first kappa shape index (κ1) is 33.8. The van der Waals surface area contributed by atoms with Crippen LogP contribution in [-0.4, -0.2) is 98.1 Å². The van der Waals surface area contributed by atoms with E-state index in [9.17, 15) is 8.42 Å². The molecule has 3 aliphatic heterocycles. The molecule has 1 aromatic heterocycles. The van der Waals surface area contributed by atoms with Gasteiger partial charge in [0.15, 0.2) is 0 Å². The molecule has 0 bridgehead atoms. The molecule has 0 spiro atoms. The monoisotopic (exact) mass is 662 g/mol. The third kappa shape index (κ3) is 7.65. The molecule has 1 N–H and O–H groups in total. The summed E-state index contributed by atoms with van der Waals surface area (Å²) < 4.78 is 40.5. The van der Waals surface area contributed by atoms with Crippen molar-refractivity contribution in [2.45, 2.75) is 75.5 Å². The van der Waals surface area contributed by atoms with Crippen molar-refractivity contribution in [2.24, 2.45) is 0 Å². The van der Waals surface area contributed by atoms with Gasteiger partial charge in [-0.15, -0.1) is 0 Å². The summed E-state index contributed by atoms with van der Waals surface area (Å²) in [5.41, 5.74) is 3.01. The molecule has 0 radical (unpaired) electrons. The topological polar surface area (TPSA) is 100 Å². The van der Waals surface area contributed by atoms with Gasteiger partial charge < -0.3 is 19.7 Å². The molecule has 3 fully saturated rings. The van der Waals surface area contributed by atoms with Crippen molar-refractivity contribution in [3.05, 3.63) is 77.2 Å². The minimum Gasteiger partial charge on any atom is -0.497 e. The van der Waals surface area contributed by atoms with E-state index in [1.54, 1.807) is 35.8 Å². The average molecular weight is 663 g/mol. The van der Waals surface area contributed by atoms with Crippen LogP contribution in [0.3, 0.4) is 0 Å². The molecule has 3 aromatic rings. The number of rotatable bonds is 12. The van der Waals surface area contributed by atoms with E-state index >= 15 is 0 Å². The predicted octanol–water partition coefficient (Wildman–Crippen LogP) is 4.51. The minimum absolute atomic E-state index is 0.170. The third-order valence-corrected chi connectivity index (χ3v) is 12.3. The lowest BCUT2D eigenvalue weighted by Crippen LogP contribution is -2.53. The second kappa shape index (κ2) is 15.0. The minimum atomic E-state index is -3.68. The maximum absolute atomic E-state index is 13.7. The Kier molecular flexibility index (Phi) is 10.8.